The maximum Gasteiger partial charge on any atom is 0.295 e. The van der Waals surface area contributed by atoms with E-state index in [2.05, 4.69) is 9.97 Å². The Morgan fingerprint density at radius 1 is 1.12 bits per heavy atom. The SMILES string of the molecule is CC1Cc2cc(/C(O)=C3\C(=O)C(=O)N(Cc4cccnc4)C3c3ccncc3)ccc2O1. The summed E-state index contributed by atoms with van der Waals surface area (Å²) in [7, 11) is 0. The van der Waals surface area contributed by atoms with Crippen LogP contribution in [0.2, 0.25) is 0 Å². The van der Waals surface area contributed by atoms with Gasteiger partial charge in [0.15, 0.2) is 0 Å². The zero-order valence-electron chi connectivity index (χ0n) is 17.4. The van der Waals surface area contributed by atoms with Gasteiger partial charge in [0, 0.05) is 43.3 Å². The molecule has 2 atom stereocenters. The Morgan fingerprint density at radius 3 is 2.69 bits per heavy atom. The molecule has 0 saturated carbocycles. The van der Waals surface area contributed by atoms with Crippen LogP contribution in [0.3, 0.4) is 0 Å². The Bertz CT molecular complexity index is 1220. The molecule has 2 aromatic heterocycles. The van der Waals surface area contributed by atoms with Crippen LogP contribution < -0.4 is 4.74 Å². The van der Waals surface area contributed by atoms with Crippen LogP contribution >= 0.6 is 0 Å². The molecule has 1 saturated heterocycles. The number of likely N-dealkylation sites (tertiary alicyclic amines) is 1. The molecule has 0 radical (unpaired) electrons. The maximum absolute atomic E-state index is 13.1. The molecule has 3 aromatic rings. The van der Waals surface area contributed by atoms with E-state index in [0.29, 0.717) is 11.1 Å². The summed E-state index contributed by atoms with van der Waals surface area (Å²) < 4.78 is 5.74. The van der Waals surface area contributed by atoms with Gasteiger partial charge < -0.3 is 14.7 Å². The number of ether oxygens (including phenoxy) is 1. The number of amides is 1. The first-order valence-electron chi connectivity index (χ1n) is 10.4. The number of aliphatic hydroxyl groups excluding tert-OH is 1. The number of rotatable bonds is 4. The van der Waals surface area contributed by atoms with E-state index in [1.54, 1.807) is 55.1 Å². The first kappa shape index (κ1) is 19.9. The van der Waals surface area contributed by atoms with E-state index < -0.39 is 17.7 Å². The second kappa shape index (κ2) is 7.92. The maximum atomic E-state index is 13.1. The van der Waals surface area contributed by atoms with Crippen LogP contribution in [-0.4, -0.2) is 37.8 Å². The number of Topliss-reactive ketones (excluding diaryl/α,β-unsaturated/α-hetero) is 1. The molecular weight excluding hydrogens is 406 g/mol. The molecule has 1 aromatic carbocycles. The molecule has 1 N–H and O–H groups in total. The number of aliphatic hydroxyl groups is 1. The lowest BCUT2D eigenvalue weighted by Crippen LogP contribution is -2.29. The lowest BCUT2D eigenvalue weighted by atomic mass is 9.95. The Kier molecular flexibility index (Phi) is 4.93. The lowest BCUT2D eigenvalue weighted by Gasteiger charge is -2.25. The molecule has 160 valence electrons. The van der Waals surface area contributed by atoms with Gasteiger partial charge in [-0.1, -0.05) is 6.07 Å². The van der Waals surface area contributed by atoms with Crippen molar-refractivity contribution in [1.82, 2.24) is 14.9 Å². The number of fused-ring (bicyclic) bond motifs is 1. The lowest BCUT2D eigenvalue weighted by molar-refractivity contribution is -0.140. The fraction of sp³-hybridized carbons (Fsp3) is 0.200. The van der Waals surface area contributed by atoms with Crippen molar-refractivity contribution in [3.8, 4) is 5.75 Å². The number of hydrogen-bond donors (Lipinski definition) is 1. The Hall–Kier alpha value is -4.00. The topological polar surface area (TPSA) is 92.6 Å². The van der Waals surface area contributed by atoms with Crippen molar-refractivity contribution in [3.63, 3.8) is 0 Å². The Labute approximate surface area is 185 Å². The van der Waals surface area contributed by atoms with Crippen molar-refractivity contribution in [2.24, 2.45) is 0 Å². The number of pyridine rings is 2. The van der Waals surface area contributed by atoms with Crippen molar-refractivity contribution in [3.05, 3.63) is 95.1 Å². The van der Waals surface area contributed by atoms with Crippen molar-refractivity contribution >= 4 is 17.4 Å². The fourth-order valence-corrected chi connectivity index (χ4v) is 4.35. The predicted octanol–water partition coefficient (Wildman–Crippen LogP) is 3.42. The Morgan fingerprint density at radius 2 is 1.94 bits per heavy atom. The van der Waals surface area contributed by atoms with Gasteiger partial charge in [-0.3, -0.25) is 19.6 Å². The van der Waals surface area contributed by atoms with Gasteiger partial charge in [0.2, 0.25) is 0 Å². The molecule has 5 rings (SSSR count). The molecule has 2 aliphatic heterocycles. The third-order valence-corrected chi connectivity index (χ3v) is 5.81. The standard InChI is InChI=1S/C25H21N3O4/c1-15-11-19-12-18(4-5-20(19)32-15)23(29)21-22(17-6-9-26-10-7-17)28(25(31)24(21)30)14-16-3-2-8-27-13-16/h2-10,12-13,15,22,29H,11,14H2,1H3/b23-21+. The quantitative estimate of drug-likeness (QED) is 0.390. The first-order chi connectivity index (χ1) is 15.5. The third kappa shape index (κ3) is 3.41. The van der Waals surface area contributed by atoms with Gasteiger partial charge in [-0.2, -0.15) is 0 Å². The Balaban J connectivity index is 1.62. The number of carbonyl (C=O) groups excluding carboxylic acids is 2. The van der Waals surface area contributed by atoms with Gasteiger partial charge in [-0.25, -0.2) is 0 Å². The van der Waals surface area contributed by atoms with E-state index in [9.17, 15) is 14.7 Å². The first-order valence-corrected chi connectivity index (χ1v) is 10.4. The average molecular weight is 427 g/mol. The summed E-state index contributed by atoms with van der Waals surface area (Å²) >= 11 is 0. The predicted molar refractivity (Wildman–Crippen MR) is 117 cm³/mol. The molecular formula is C25H21N3O4. The molecule has 7 heteroatoms. The molecule has 1 fully saturated rings. The van der Waals surface area contributed by atoms with Crippen molar-refractivity contribution in [1.29, 1.82) is 0 Å². The van der Waals surface area contributed by atoms with Crippen LogP contribution in [0.1, 0.15) is 35.2 Å². The highest BCUT2D eigenvalue weighted by Gasteiger charge is 2.46. The van der Waals surface area contributed by atoms with Gasteiger partial charge in [0.1, 0.15) is 17.6 Å². The summed E-state index contributed by atoms with van der Waals surface area (Å²) in [6.45, 7) is 2.17. The average Bonchev–Trinajstić information content (AvgIpc) is 3.31. The van der Waals surface area contributed by atoms with Gasteiger partial charge in [-0.15, -0.1) is 0 Å². The number of hydrogen-bond acceptors (Lipinski definition) is 6. The minimum absolute atomic E-state index is 0.0595. The minimum atomic E-state index is -0.735. The third-order valence-electron chi connectivity index (χ3n) is 5.81. The summed E-state index contributed by atoms with van der Waals surface area (Å²) in [5.74, 6) is -0.786. The van der Waals surface area contributed by atoms with Crippen molar-refractivity contribution in [2.45, 2.75) is 32.0 Å². The van der Waals surface area contributed by atoms with Gasteiger partial charge >= 0.3 is 0 Å². The van der Waals surface area contributed by atoms with Crippen LogP contribution in [-0.2, 0) is 22.6 Å². The number of carbonyl (C=O) groups is 2. The molecule has 4 heterocycles. The molecule has 2 aliphatic rings. The van der Waals surface area contributed by atoms with Crippen molar-refractivity contribution in [2.75, 3.05) is 0 Å². The zero-order chi connectivity index (χ0) is 22.2. The van der Waals surface area contributed by atoms with E-state index in [1.807, 2.05) is 19.1 Å². The minimum Gasteiger partial charge on any atom is -0.507 e. The van der Waals surface area contributed by atoms with E-state index in [-0.39, 0.29) is 24.0 Å². The number of nitrogens with zero attached hydrogens (tertiary/aromatic N) is 3. The smallest absolute Gasteiger partial charge is 0.295 e. The molecule has 1 amide bonds. The van der Waals surface area contributed by atoms with E-state index in [0.717, 1.165) is 23.3 Å². The summed E-state index contributed by atoms with van der Waals surface area (Å²) in [4.78, 5) is 35.8. The molecule has 0 aliphatic carbocycles. The molecule has 2 unspecified atom stereocenters. The number of benzene rings is 1. The monoisotopic (exact) mass is 427 g/mol. The second-order valence-corrected chi connectivity index (χ2v) is 8.02. The largest absolute Gasteiger partial charge is 0.507 e. The van der Waals surface area contributed by atoms with E-state index >= 15 is 0 Å². The zero-order valence-corrected chi connectivity index (χ0v) is 17.4. The fourth-order valence-electron chi connectivity index (χ4n) is 4.35. The van der Waals surface area contributed by atoms with Crippen LogP contribution in [0.25, 0.3) is 5.76 Å². The van der Waals surface area contributed by atoms with Gasteiger partial charge in [0.25, 0.3) is 11.7 Å². The van der Waals surface area contributed by atoms with E-state index in [1.165, 1.54) is 4.90 Å². The highest BCUT2D eigenvalue weighted by atomic mass is 16.5. The summed E-state index contributed by atoms with van der Waals surface area (Å²) in [6.07, 6.45) is 7.30. The molecule has 0 bridgehead atoms. The van der Waals surface area contributed by atoms with Crippen LogP contribution in [0.15, 0.2) is 72.8 Å². The highest BCUT2D eigenvalue weighted by molar-refractivity contribution is 6.46. The number of aromatic nitrogens is 2. The van der Waals surface area contributed by atoms with Crippen molar-refractivity contribution < 1.29 is 19.4 Å². The number of ketones is 1. The molecule has 32 heavy (non-hydrogen) atoms. The highest BCUT2D eigenvalue weighted by Crippen LogP contribution is 2.41. The summed E-state index contributed by atoms with van der Waals surface area (Å²) in [6, 6.07) is 11.7. The molecule has 0 spiro atoms. The summed E-state index contributed by atoms with van der Waals surface area (Å²) in [5.41, 5.74) is 3.00. The van der Waals surface area contributed by atoms with Crippen LogP contribution in [0, 0.1) is 0 Å². The van der Waals surface area contributed by atoms with Gasteiger partial charge in [0.05, 0.1) is 11.6 Å². The van der Waals surface area contributed by atoms with Gasteiger partial charge in [-0.05, 0) is 60.0 Å². The summed E-state index contributed by atoms with van der Waals surface area (Å²) in [5, 5.41) is 11.2. The normalized spacial score (nSPS) is 21.5. The van der Waals surface area contributed by atoms with E-state index in [4.69, 9.17) is 4.74 Å². The van der Waals surface area contributed by atoms with Crippen LogP contribution in [0.5, 0.6) is 5.75 Å². The molecule has 7 nitrogen and oxygen atoms in total. The van der Waals surface area contributed by atoms with Crippen LogP contribution in [0.4, 0.5) is 0 Å². The second-order valence-electron chi connectivity index (χ2n) is 8.02.